The van der Waals surface area contributed by atoms with Gasteiger partial charge in [-0.15, -0.1) is 0 Å². The summed E-state index contributed by atoms with van der Waals surface area (Å²) in [6.07, 6.45) is -3.43. The summed E-state index contributed by atoms with van der Waals surface area (Å²) < 4.78 is 36.1. The van der Waals surface area contributed by atoms with E-state index in [1.165, 1.54) is 0 Å². The molecular formula is C6H2BClF3N. The van der Waals surface area contributed by atoms with Crippen LogP contribution in [0, 0.1) is 0 Å². The molecule has 0 saturated carbocycles. The lowest BCUT2D eigenvalue weighted by atomic mass is 9.97. The minimum atomic E-state index is -4.50. The van der Waals surface area contributed by atoms with E-state index in [0.29, 0.717) is 0 Å². The molecule has 1 nitrogen and oxygen atoms in total. The normalized spacial score (nSPS) is 11.7. The van der Waals surface area contributed by atoms with Crippen LogP contribution in [0.2, 0.25) is 5.15 Å². The van der Waals surface area contributed by atoms with Gasteiger partial charge in [0.05, 0.1) is 5.56 Å². The highest BCUT2D eigenvalue weighted by atomic mass is 35.5. The molecule has 62 valence electrons. The van der Waals surface area contributed by atoms with Gasteiger partial charge in [-0.2, -0.15) is 13.2 Å². The fourth-order valence-corrected chi connectivity index (χ4v) is 0.874. The Bertz CT molecular complexity index is 299. The molecule has 2 radical (unpaired) electrons. The van der Waals surface area contributed by atoms with Crippen LogP contribution in [0.25, 0.3) is 0 Å². The molecule has 0 saturated heterocycles. The van der Waals surface area contributed by atoms with Gasteiger partial charge in [0.1, 0.15) is 13.0 Å². The highest BCUT2D eigenvalue weighted by Gasteiger charge is 2.33. The summed E-state index contributed by atoms with van der Waals surface area (Å²) in [6, 6.07) is 0.745. The summed E-state index contributed by atoms with van der Waals surface area (Å²) in [5.41, 5.74) is -1.07. The van der Waals surface area contributed by atoms with E-state index in [0.717, 1.165) is 12.3 Å². The number of nitrogens with zero attached hydrogens (tertiary/aromatic N) is 1. The average Bonchev–Trinajstić information content (AvgIpc) is 1.92. The second-order valence-electron chi connectivity index (χ2n) is 2.10. The van der Waals surface area contributed by atoms with Crippen LogP contribution in [0.4, 0.5) is 13.2 Å². The van der Waals surface area contributed by atoms with Crippen LogP contribution < -0.4 is 5.46 Å². The number of hydrogen-bond donors (Lipinski definition) is 0. The highest BCUT2D eigenvalue weighted by Crippen LogP contribution is 2.32. The van der Waals surface area contributed by atoms with Crippen LogP contribution >= 0.6 is 11.6 Å². The molecule has 0 aliphatic carbocycles. The van der Waals surface area contributed by atoms with Crippen molar-refractivity contribution in [3.63, 3.8) is 0 Å². The van der Waals surface area contributed by atoms with Gasteiger partial charge in [0.15, 0.2) is 0 Å². The molecule has 0 unspecified atom stereocenters. The van der Waals surface area contributed by atoms with E-state index in [1.54, 1.807) is 0 Å². The Labute approximate surface area is 73.0 Å². The molecule has 1 heterocycles. The Kier molecular flexibility index (Phi) is 2.33. The maximum absolute atomic E-state index is 12.0. The van der Waals surface area contributed by atoms with Crippen LogP contribution in [-0.2, 0) is 6.18 Å². The van der Waals surface area contributed by atoms with Crippen LogP contribution in [0.3, 0.4) is 0 Å². The topological polar surface area (TPSA) is 12.9 Å². The molecule has 0 bridgehead atoms. The van der Waals surface area contributed by atoms with Gasteiger partial charge in [-0.3, -0.25) is 0 Å². The van der Waals surface area contributed by atoms with Crippen molar-refractivity contribution < 1.29 is 13.2 Å². The Morgan fingerprint density at radius 1 is 1.42 bits per heavy atom. The third-order valence-corrected chi connectivity index (χ3v) is 1.47. The Morgan fingerprint density at radius 3 is 2.42 bits per heavy atom. The molecular weight excluding hydrogens is 189 g/mol. The average molecular weight is 191 g/mol. The molecule has 12 heavy (non-hydrogen) atoms. The Hall–Kier alpha value is -0.705. The van der Waals surface area contributed by atoms with E-state index in [9.17, 15) is 13.2 Å². The smallest absolute Gasteiger partial charge is 0.245 e. The molecule has 1 aromatic heterocycles. The van der Waals surface area contributed by atoms with Crippen LogP contribution in [0.15, 0.2) is 12.3 Å². The van der Waals surface area contributed by atoms with Gasteiger partial charge in [0.2, 0.25) is 0 Å². The van der Waals surface area contributed by atoms with E-state index in [-0.39, 0.29) is 5.46 Å². The SMILES string of the molecule is [B]c1cnc(Cl)c(C(F)(F)F)c1. The van der Waals surface area contributed by atoms with Crippen molar-refractivity contribution in [3.8, 4) is 0 Å². The van der Waals surface area contributed by atoms with Crippen LogP contribution in [0.5, 0.6) is 0 Å². The lowest BCUT2D eigenvalue weighted by Crippen LogP contribution is -2.13. The first-order valence-electron chi connectivity index (χ1n) is 2.89. The maximum atomic E-state index is 12.0. The summed E-state index contributed by atoms with van der Waals surface area (Å²) >= 11 is 5.19. The predicted molar refractivity (Wildman–Crippen MR) is 39.6 cm³/mol. The van der Waals surface area contributed by atoms with Crippen molar-refractivity contribution in [2.45, 2.75) is 6.18 Å². The van der Waals surface area contributed by atoms with Gasteiger partial charge >= 0.3 is 6.18 Å². The third kappa shape index (κ3) is 1.91. The molecule has 0 amide bonds. The van der Waals surface area contributed by atoms with Crippen molar-refractivity contribution in [1.29, 1.82) is 0 Å². The number of pyridine rings is 1. The lowest BCUT2D eigenvalue weighted by Gasteiger charge is -2.08. The largest absolute Gasteiger partial charge is 0.419 e. The van der Waals surface area contributed by atoms with Gasteiger partial charge in [-0.05, 0) is 0 Å². The number of hydrogen-bond acceptors (Lipinski definition) is 1. The molecule has 0 aliphatic rings. The fraction of sp³-hybridized carbons (Fsp3) is 0.167. The maximum Gasteiger partial charge on any atom is 0.419 e. The molecule has 6 heteroatoms. The van der Waals surface area contributed by atoms with Gasteiger partial charge in [0, 0.05) is 6.20 Å². The van der Waals surface area contributed by atoms with Crippen molar-refractivity contribution in [1.82, 2.24) is 4.98 Å². The monoisotopic (exact) mass is 191 g/mol. The number of rotatable bonds is 0. The summed E-state index contributed by atoms with van der Waals surface area (Å²) in [4.78, 5) is 3.27. The van der Waals surface area contributed by atoms with E-state index in [1.807, 2.05) is 0 Å². The van der Waals surface area contributed by atoms with E-state index in [4.69, 9.17) is 19.4 Å². The zero-order chi connectivity index (χ0) is 9.35. The number of alkyl halides is 3. The molecule has 0 spiro atoms. The first-order valence-corrected chi connectivity index (χ1v) is 3.27. The summed E-state index contributed by atoms with van der Waals surface area (Å²) in [5, 5.41) is -0.586. The first kappa shape index (κ1) is 9.38. The highest BCUT2D eigenvalue weighted by molar-refractivity contribution is 6.33. The number of halogens is 4. The fourth-order valence-electron chi connectivity index (χ4n) is 0.663. The lowest BCUT2D eigenvalue weighted by molar-refractivity contribution is -0.137. The summed E-state index contributed by atoms with van der Waals surface area (Å²) in [7, 11) is 5.10. The van der Waals surface area contributed by atoms with Gasteiger partial charge < -0.3 is 0 Å². The molecule has 1 rings (SSSR count). The molecule has 1 aromatic rings. The van der Waals surface area contributed by atoms with E-state index in [2.05, 4.69) is 4.98 Å². The van der Waals surface area contributed by atoms with Crippen molar-refractivity contribution >= 4 is 24.9 Å². The van der Waals surface area contributed by atoms with Crippen molar-refractivity contribution in [3.05, 3.63) is 23.0 Å². The predicted octanol–water partition coefficient (Wildman–Crippen LogP) is 1.55. The van der Waals surface area contributed by atoms with Crippen molar-refractivity contribution in [2.24, 2.45) is 0 Å². The first-order chi connectivity index (χ1) is 5.41. The van der Waals surface area contributed by atoms with Gasteiger partial charge in [-0.1, -0.05) is 23.1 Å². The zero-order valence-corrected chi connectivity index (χ0v) is 6.45. The Morgan fingerprint density at radius 2 is 2.00 bits per heavy atom. The van der Waals surface area contributed by atoms with Gasteiger partial charge in [-0.25, -0.2) is 4.98 Å². The van der Waals surface area contributed by atoms with Crippen LogP contribution in [0.1, 0.15) is 5.56 Å². The van der Waals surface area contributed by atoms with E-state index >= 15 is 0 Å². The van der Waals surface area contributed by atoms with Crippen molar-refractivity contribution in [2.75, 3.05) is 0 Å². The quantitative estimate of drug-likeness (QED) is 0.448. The summed E-state index contributed by atoms with van der Waals surface area (Å²) in [6.45, 7) is 0. The Balaban J connectivity index is 3.23. The van der Waals surface area contributed by atoms with E-state index < -0.39 is 16.9 Å². The molecule has 0 N–H and O–H groups in total. The zero-order valence-electron chi connectivity index (χ0n) is 5.69. The number of aromatic nitrogens is 1. The van der Waals surface area contributed by atoms with Crippen LogP contribution in [-0.4, -0.2) is 12.8 Å². The second-order valence-corrected chi connectivity index (χ2v) is 2.46. The minimum absolute atomic E-state index is 0.0632. The standard InChI is InChI=1S/C6H2BClF3N/c7-3-1-4(6(9,10)11)5(8)12-2-3/h1-2H. The molecule has 0 fully saturated rings. The molecule has 0 atom stereocenters. The van der Waals surface area contributed by atoms with Gasteiger partial charge in [0.25, 0.3) is 0 Å². The second kappa shape index (κ2) is 2.97. The molecule has 0 aliphatic heterocycles. The molecule has 0 aromatic carbocycles. The third-order valence-electron chi connectivity index (χ3n) is 1.17. The summed E-state index contributed by atoms with van der Waals surface area (Å²) in [5.74, 6) is 0. The minimum Gasteiger partial charge on any atom is -0.245 e.